The van der Waals surface area contributed by atoms with Crippen LogP contribution in [0, 0.1) is 0 Å². The van der Waals surface area contributed by atoms with Gasteiger partial charge in [0.2, 0.25) is 0 Å². The van der Waals surface area contributed by atoms with Crippen LogP contribution in [0.4, 0.5) is 0 Å². The number of aryl methyl sites for hydroxylation is 1. The maximum Gasteiger partial charge on any atom is 0.133 e. The van der Waals surface area contributed by atoms with Gasteiger partial charge in [0.15, 0.2) is 0 Å². The molecule has 3 heteroatoms. The van der Waals surface area contributed by atoms with Gasteiger partial charge in [0.25, 0.3) is 0 Å². The van der Waals surface area contributed by atoms with Crippen LogP contribution in [0.1, 0.15) is 30.5 Å². The van der Waals surface area contributed by atoms with E-state index < -0.39 is 0 Å². The highest BCUT2D eigenvalue weighted by Crippen LogP contribution is 2.28. The zero-order valence-corrected chi connectivity index (χ0v) is 13.3. The molecule has 1 atom stereocenters. The second-order valence-corrected chi connectivity index (χ2v) is 5.77. The van der Waals surface area contributed by atoms with E-state index in [0.717, 1.165) is 28.6 Å². The first kappa shape index (κ1) is 15.1. The van der Waals surface area contributed by atoms with Crippen molar-refractivity contribution in [2.75, 3.05) is 6.61 Å². The first-order valence-corrected chi connectivity index (χ1v) is 7.68. The summed E-state index contributed by atoms with van der Waals surface area (Å²) in [5, 5.41) is 0. The lowest BCUT2D eigenvalue weighted by atomic mass is 10.1. The Labute approximate surface area is 129 Å². The molecule has 0 aliphatic rings. The monoisotopic (exact) mass is 333 g/mol. The molecule has 0 aliphatic heterocycles. The van der Waals surface area contributed by atoms with Crippen molar-refractivity contribution in [2.45, 2.75) is 25.8 Å². The summed E-state index contributed by atoms with van der Waals surface area (Å²) >= 11 is 3.53. The van der Waals surface area contributed by atoms with Crippen LogP contribution in [-0.2, 0) is 6.42 Å². The molecule has 2 N–H and O–H groups in total. The third-order valence-electron chi connectivity index (χ3n) is 3.19. The lowest BCUT2D eigenvalue weighted by Crippen LogP contribution is -2.05. The second kappa shape index (κ2) is 7.46. The van der Waals surface area contributed by atoms with Crippen LogP contribution >= 0.6 is 15.9 Å². The number of ether oxygens (including phenoxy) is 1. The zero-order chi connectivity index (χ0) is 14.4. The minimum Gasteiger partial charge on any atom is -0.492 e. The first-order valence-electron chi connectivity index (χ1n) is 6.88. The quantitative estimate of drug-likeness (QED) is 0.791. The predicted octanol–water partition coefficient (Wildman–Crippen LogP) is 4.48. The molecule has 0 spiro atoms. The minimum absolute atomic E-state index is 0.0402. The summed E-state index contributed by atoms with van der Waals surface area (Å²) in [4.78, 5) is 0. The van der Waals surface area contributed by atoms with Crippen molar-refractivity contribution in [3.05, 3.63) is 64.1 Å². The van der Waals surface area contributed by atoms with Gasteiger partial charge in [0.05, 0.1) is 11.1 Å². The van der Waals surface area contributed by atoms with Gasteiger partial charge < -0.3 is 10.5 Å². The standard InChI is InChI=1S/C17H20BrNO/c1-13(19)15-9-10-17(16(18)12-15)20-11-5-8-14-6-3-2-4-7-14/h2-4,6-7,9-10,12-13H,5,8,11,19H2,1H3/t13-/m0/s1. The van der Waals surface area contributed by atoms with Gasteiger partial charge in [0, 0.05) is 6.04 Å². The van der Waals surface area contributed by atoms with E-state index in [4.69, 9.17) is 10.5 Å². The SMILES string of the molecule is C[C@H](N)c1ccc(OCCCc2ccccc2)c(Br)c1. The molecule has 2 nitrogen and oxygen atoms in total. The largest absolute Gasteiger partial charge is 0.492 e. The molecule has 0 bridgehead atoms. The average Bonchev–Trinajstić information content (AvgIpc) is 2.46. The third-order valence-corrected chi connectivity index (χ3v) is 3.81. The van der Waals surface area contributed by atoms with E-state index in [0.29, 0.717) is 6.61 Å². The number of benzene rings is 2. The maximum atomic E-state index is 5.86. The van der Waals surface area contributed by atoms with Crippen LogP contribution in [0.5, 0.6) is 5.75 Å². The van der Waals surface area contributed by atoms with Gasteiger partial charge in [-0.05, 0) is 59.0 Å². The number of hydrogen-bond donors (Lipinski definition) is 1. The van der Waals surface area contributed by atoms with Gasteiger partial charge in [0.1, 0.15) is 5.75 Å². The van der Waals surface area contributed by atoms with E-state index >= 15 is 0 Å². The van der Waals surface area contributed by atoms with E-state index in [1.165, 1.54) is 5.56 Å². The average molecular weight is 334 g/mol. The summed E-state index contributed by atoms with van der Waals surface area (Å²) in [7, 11) is 0. The molecular formula is C17H20BrNO. The van der Waals surface area contributed by atoms with E-state index in [2.05, 4.69) is 40.2 Å². The van der Waals surface area contributed by atoms with Gasteiger partial charge in [-0.15, -0.1) is 0 Å². The summed E-state index contributed by atoms with van der Waals surface area (Å²) in [6.45, 7) is 2.69. The Balaban J connectivity index is 1.82. The molecule has 2 aromatic rings. The van der Waals surface area contributed by atoms with Gasteiger partial charge in [-0.3, -0.25) is 0 Å². The molecule has 0 saturated heterocycles. The third kappa shape index (κ3) is 4.36. The van der Waals surface area contributed by atoms with Gasteiger partial charge >= 0.3 is 0 Å². The van der Waals surface area contributed by atoms with Crippen molar-refractivity contribution in [1.29, 1.82) is 0 Å². The predicted molar refractivity (Wildman–Crippen MR) is 87.0 cm³/mol. The molecule has 0 amide bonds. The normalized spacial score (nSPS) is 12.2. The molecule has 0 unspecified atom stereocenters. The highest BCUT2D eigenvalue weighted by Gasteiger charge is 2.05. The van der Waals surface area contributed by atoms with Crippen molar-refractivity contribution in [2.24, 2.45) is 5.73 Å². The van der Waals surface area contributed by atoms with E-state index in [1.54, 1.807) is 0 Å². The van der Waals surface area contributed by atoms with E-state index in [-0.39, 0.29) is 6.04 Å². The summed E-state index contributed by atoms with van der Waals surface area (Å²) in [6, 6.07) is 16.5. The number of hydrogen-bond acceptors (Lipinski definition) is 2. The molecule has 0 radical (unpaired) electrons. The van der Waals surface area contributed by atoms with Crippen molar-refractivity contribution in [3.63, 3.8) is 0 Å². The number of rotatable bonds is 6. The molecule has 2 aromatic carbocycles. The Morgan fingerprint density at radius 3 is 2.55 bits per heavy atom. The van der Waals surface area contributed by atoms with Crippen molar-refractivity contribution in [1.82, 2.24) is 0 Å². The molecule has 0 aromatic heterocycles. The highest BCUT2D eigenvalue weighted by molar-refractivity contribution is 9.10. The van der Waals surface area contributed by atoms with Crippen LogP contribution in [0.2, 0.25) is 0 Å². The fourth-order valence-corrected chi connectivity index (χ4v) is 2.53. The number of nitrogens with two attached hydrogens (primary N) is 1. The molecule has 0 fully saturated rings. The Morgan fingerprint density at radius 1 is 1.15 bits per heavy atom. The summed E-state index contributed by atoms with van der Waals surface area (Å²) in [5.74, 6) is 0.877. The fourth-order valence-electron chi connectivity index (χ4n) is 2.02. The molecule has 20 heavy (non-hydrogen) atoms. The molecule has 0 heterocycles. The lowest BCUT2D eigenvalue weighted by molar-refractivity contribution is 0.309. The smallest absolute Gasteiger partial charge is 0.133 e. The van der Waals surface area contributed by atoms with Crippen molar-refractivity contribution >= 4 is 15.9 Å². The first-order chi connectivity index (χ1) is 9.66. The molecule has 2 rings (SSSR count). The molecule has 0 aliphatic carbocycles. The van der Waals surface area contributed by atoms with Gasteiger partial charge in [-0.2, -0.15) is 0 Å². The topological polar surface area (TPSA) is 35.2 Å². The molecule has 0 saturated carbocycles. The second-order valence-electron chi connectivity index (χ2n) is 4.92. The Bertz CT molecular complexity index is 540. The maximum absolute atomic E-state index is 5.86. The van der Waals surface area contributed by atoms with Crippen molar-refractivity contribution < 1.29 is 4.74 Å². The zero-order valence-electron chi connectivity index (χ0n) is 11.7. The Hall–Kier alpha value is -1.32. The fraction of sp³-hybridized carbons (Fsp3) is 0.294. The Kier molecular flexibility index (Phi) is 5.62. The Morgan fingerprint density at radius 2 is 1.90 bits per heavy atom. The lowest BCUT2D eigenvalue weighted by Gasteiger charge is -2.11. The van der Waals surface area contributed by atoms with Gasteiger partial charge in [-0.25, -0.2) is 0 Å². The van der Waals surface area contributed by atoms with Crippen molar-refractivity contribution in [3.8, 4) is 5.75 Å². The van der Waals surface area contributed by atoms with E-state index in [1.807, 2.05) is 31.2 Å². The number of halogens is 1. The van der Waals surface area contributed by atoms with Gasteiger partial charge in [-0.1, -0.05) is 36.4 Å². The van der Waals surface area contributed by atoms with Crippen LogP contribution in [0.15, 0.2) is 53.0 Å². The summed E-state index contributed by atoms with van der Waals surface area (Å²) < 4.78 is 6.77. The minimum atomic E-state index is 0.0402. The van der Waals surface area contributed by atoms with Crippen LogP contribution in [-0.4, -0.2) is 6.61 Å². The van der Waals surface area contributed by atoms with Crippen LogP contribution in [0.3, 0.4) is 0 Å². The van der Waals surface area contributed by atoms with Crippen LogP contribution < -0.4 is 10.5 Å². The molecular weight excluding hydrogens is 314 g/mol. The highest BCUT2D eigenvalue weighted by atomic mass is 79.9. The summed E-state index contributed by atoms with van der Waals surface area (Å²) in [6.07, 6.45) is 2.04. The summed E-state index contributed by atoms with van der Waals surface area (Å²) in [5.41, 5.74) is 8.31. The van der Waals surface area contributed by atoms with Crippen LogP contribution in [0.25, 0.3) is 0 Å². The molecule has 106 valence electrons. The van der Waals surface area contributed by atoms with E-state index in [9.17, 15) is 0 Å².